The molecule has 0 aromatic rings. The van der Waals surface area contributed by atoms with Crippen molar-refractivity contribution in [2.45, 2.75) is 31.9 Å². The molecule has 2 nitrogen and oxygen atoms in total. The Labute approximate surface area is 88.2 Å². The zero-order valence-corrected chi connectivity index (χ0v) is 8.78. The molecule has 1 aliphatic carbocycles. The monoisotopic (exact) mass is 225 g/mol. The van der Waals surface area contributed by atoms with Gasteiger partial charge in [-0.25, -0.2) is 0 Å². The van der Waals surface area contributed by atoms with Gasteiger partial charge in [-0.3, -0.25) is 0 Å². The lowest BCUT2D eigenvalue weighted by atomic mass is 10.3. The first kappa shape index (κ1) is 12.8. The summed E-state index contributed by atoms with van der Waals surface area (Å²) in [4.78, 5) is 0. The molecule has 0 heterocycles. The fraction of sp³-hybridized carbons (Fsp3) is 1.00. The molecule has 0 amide bonds. The quantitative estimate of drug-likeness (QED) is 0.640. The lowest BCUT2D eigenvalue weighted by molar-refractivity contribution is -0.137. The average molecular weight is 225 g/mol. The highest BCUT2D eigenvalue weighted by Crippen LogP contribution is 2.27. The first-order chi connectivity index (χ1) is 7.08. The maximum Gasteiger partial charge on any atom is 0.389 e. The Kier molecular flexibility index (Phi) is 5.39. The second-order valence-corrected chi connectivity index (χ2v) is 3.98. The Morgan fingerprint density at radius 3 is 2.53 bits per heavy atom. The molecular weight excluding hydrogens is 207 g/mol. The maximum absolute atomic E-state index is 11.7. The fourth-order valence-corrected chi connectivity index (χ4v) is 1.25. The summed E-state index contributed by atoms with van der Waals surface area (Å²) in [6.45, 7) is 2.46. The third-order valence-electron chi connectivity index (χ3n) is 2.30. The van der Waals surface area contributed by atoms with Gasteiger partial charge < -0.3 is 10.1 Å². The van der Waals surface area contributed by atoms with Crippen LogP contribution in [0.15, 0.2) is 0 Å². The molecule has 1 N–H and O–H groups in total. The van der Waals surface area contributed by atoms with E-state index in [0.29, 0.717) is 6.61 Å². The van der Waals surface area contributed by atoms with E-state index in [0.717, 1.165) is 19.0 Å². The summed E-state index contributed by atoms with van der Waals surface area (Å²) in [6, 6.07) is 0. The molecule has 15 heavy (non-hydrogen) atoms. The summed E-state index contributed by atoms with van der Waals surface area (Å²) in [5.74, 6) is 0.829. The zero-order valence-electron chi connectivity index (χ0n) is 8.78. The third-order valence-corrected chi connectivity index (χ3v) is 2.30. The minimum atomic E-state index is -4.05. The van der Waals surface area contributed by atoms with Gasteiger partial charge >= 0.3 is 6.18 Å². The van der Waals surface area contributed by atoms with Gasteiger partial charge in [0.25, 0.3) is 0 Å². The molecular formula is C10H18F3NO. The molecule has 1 rings (SSSR count). The average Bonchev–Trinajstić information content (AvgIpc) is 2.91. The minimum Gasteiger partial charge on any atom is -0.380 e. The molecule has 1 aliphatic rings. The largest absolute Gasteiger partial charge is 0.389 e. The lowest BCUT2D eigenvalue weighted by Gasteiger charge is -2.07. The molecule has 0 aliphatic heterocycles. The van der Waals surface area contributed by atoms with Gasteiger partial charge in [-0.15, -0.1) is 0 Å². The van der Waals surface area contributed by atoms with Crippen molar-refractivity contribution < 1.29 is 17.9 Å². The van der Waals surface area contributed by atoms with Gasteiger partial charge in [-0.2, -0.15) is 13.2 Å². The topological polar surface area (TPSA) is 21.3 Å². The van der Waals surface area contributed by atoms with Gasteiger partial charge in [0.15, 0.2) is 0 Å². The number of hydrogen-bond donors (Lipinski definition) is 1. The summed E-state index contributed by atoms with van der Waals surface area (Å²) in [5.41, 5.74) is 0. The van der Waals surface area contributed by atoms with Gasteiger partial charge in [0.05, 0.1) is 6.61 Å². The highest BCUT2D eigenvalue weighted by Gasteiger charge is 2.25. The second-order valence-electron chi connectivity index (χ2n) is 3.98. The molecule has 5 heteroatoms. The zero-order chi connectivity index (χ0) is 11.1. The van der Waals surface area contributed by atoms with Crippen LogP contribution in [0.4, 0.5) is 13.2 Å². The van der Waals surface area contributed by atoms with E-state index in [1.165, 1.54) is 12.8 Å². The van der Waals surface area contributed by atoms with E-state index in [1.807, 2.05) is 0 Å². The van der Waals surface area contributed by atoms with E-state index in [2.05, 4.69) is 5.32 Å². The molecule has 1 fully saturated rings. The predicted octanol–water partition coefficient (Wildman–Crippen LogP) is 2.35. The summed E-state index contributed by atoms with van der Waals surface area (Å²) < 4.78 is 40.2. The van der Waals surface area contributed by atoms with Crippen molar-refractivity contribution in [1.82, 2.24) is 5.32 Å². The Morgan fingerprint density at radius 2 is 1.93 bits per heavy atom. The maximum atomic E-state index is 11.7. The van der Waals surface area contributed by atoms with Crippen molar-refractivity contribution in [1.29, 1.82) is 0 Å². The van der Waals surface area contributed by atoms with Gasteiger partial charge in [0.2, 0.25) is 0 Å². The van der Waals surface area contributed by atoms with Crippen LogP contribution in [0.25, 0.3) is 0 Å². The van der Waals surface area contributed by atoms with Crippen LogP contribution >= 0.6 is 0 Å². The van der Waals surface area contributed by atoms with Crippen molar-refractivity contribution in [2.75, 3.05) is 26.3 Å². The first-order valence-corrected chi connectivity index (χ1v) is 5.43. The van der Waals surface area contributed by atoms with E-state index < -0.39 is 12.6 Å². The number of ether oxygens (including phenoxy) is 1. The van der Waals surface area contributed by atoms with Gasteiger partial charge in [0.1, 0.15) is 0 Å². The minimum absolute atomic E-state index is 0.0616. The summed E-state index contributed by atoms with van der Waals surface area (Å²) in [7, 11) is 0. The predicted molar refractivity (Wildman–Crippen MR) is 51.7 cm³/mol. The molecule has 0 saturated heterocycles. The van der Waals surface area contributed by atoms with Crippen molar-refractivity contribution in [3.05, 3.63) is 0 Å². The van der Waals surface area contributed by atoms with Crippen LogP contribution in [0, 0.1) is 5.92 Å². The van der Waals surface area contributed by atoms with Crippen LogP contribution in [0.1, 0.15) is 25.7 Å². The van der Waals surface area contributed by atoms with Crippen molar-refractivity contribution >= 4 is 0 Å². The van der Waals surface area contributed by atoms with Crippen LogP contribution in [-0.2, 0) is 4.74 Å². The Bertz CT molecular complexity index is 169. The Hall–Kier alpha value is -0.290. The summed E-state index contributed by atoms with van der Waals surface area (Å²) in [6.07, 6.45) is -2.12. The second kappa shape index (κ2) is 6.33. The number of halogens is 3. The summed E-state index contributed by atoms with van der Waals surface area (Å²) >= 11 is 0. The third kappa shape index (κ3) is 8.69. The van der Waals surface area contributed by atoms with E-state index in [9.17, 15) is 13.2 Å². The van der Waals surface area contributed by atoms with Crippen LogP contribution in [0.5, 0.6) is 0 Å². The standard InChI is InChI=1S/C10H18F3NO/c11-10(12,13)4-1-6-15-7-5-14-8-9-2-3-9/h9,14H,1-8H2. The van der Waals surface area contributed by atoms with Crippen LogP contribution in [-0.4, -0.2) is 32.5 Å². The molecule has 0 atom stereocenters. The number of hydrogen-bond acceptors (Lipinski definition) is 2. The highest BCUT2D eigenvalue weighted by atomic mass is 19.4. The normalized spacial score (nSPS) is 17.0. The lowest BCUT2D eigenvalue weighted by Crippen LogP contribution is -2.22. The molecule has 1 saturated carbocycles. The molecule has 90 valence electrons. The number of alkyl halides is 3. The van der Waals surface area contributed by atoms with Gasteiger partial charge in [-0.05, 0) is 31.7 Å². The summed E-state index contributed by atoms with van der Waals surface area (Å²) in [5, 5.41) is 3.21. The Morgan fingerprint density at radius 1 is 1.20 bits per heavy atom. The molecule has 0 bridgehead atoms. The number of rotatable bonds is 8. The van der Waals surface area contributed by atoms with Crippen LogP contribution < -0.4 is 5.32 Å². The molecule has 0 unspecified atom stereocenters. The highest BCUT2D eigenvalue weighted by molar-refractivity contribution is 4.74. The fourth-order valence-electron chi connectivity index (χ4n) is 1.25. The van der Waals surface area contributed by atoms with Crippen molar-refractivity contribution in [3.8, 4) is 0 Å². The van der Waals surface area contributed by atoms with Gasteiger partial charge in [-0.1, -0.05) is 0 Å². The van der Waals surface area contributed by atoms with Crippen molar-refractivity contribution in [3.63, 3.8) is 0 Å². The van der Waals surface area contributed by atoms with E-state index in [-0.39, 0.29) is 13.0 Å². The molecule has 0 aromatic carbocycles. The molecule has 0 aromatic heterocycles. The van der Waals surface area contributed by atoms with E-state index in [1.54, 1.807) is 0 Å². The Balaban J connectivity index is 1.72. The van der Waals surface area contributed by atoms with Crippen LogP contribution in [0.3, 0.4) is 0 Å². The van der Waals surface area contributed by atoms with Gasteiger partial charge in [0, 0.05) is 19.6 Å². The van der Waals surface area contributed by atoms with E-state index >= 15 is 0 Å². The smallest absolute Gasteiger partial charge is 0.380 e. The molecule has 0 spiro atoms. The number of nitrogens with one attached hydrogen (secondary N) is 1. The van der Waals surface area contributed by atoms with E-state index in [4.69, 9.17) is 4.74 Å². The first-order valence-electron chi connectivity index (χ1n) is 5.43. The van der Waals surface area contributed by atoms with Crippen LogP contribution in [0.2, 0.25) is 0 Å². The SMILES string of the molecule is FC(F)(F)CCCOCCNCC1CC1. The molecule has 0 radical (unpaired) electrons. The van der Waals surface area contributed by atoms with Crippen molar-refractivity contribution in [2.24, 2.45) is 5.92 Å².